The highest BCUT2D eigenvalue weighted by Crippen LogP contribution is 2.26. The lowest BCUT2D eigenvalue weighted by Crippen LogP contribution is -2.52. The maximum atomic E-state index is 5.60. The second kappa shape index (κ2) is 6.17. The Morgan fingerprint density at radius 2 is 2.18 bits per heavy atom. The van der Waals surface area contributed by atoms with E-state index in [2.05, 4.69) is 31.1 Å². The summed E-state index contributed by atoms with van der Waals surface area (Å²) < 4.78 is 5.60. The summed E-state index contributed by atoms with van der Waals surface area (Å²) in [4.78, 5) is 2.47. The molecule has 1 saturated carbocycles. The minimum Gasteiger partial charge on any atom is -0.378 e. The van der Waals surface area contributed by atoms with Crippen LogP contribution in [-0.2, 0) is 4.74 Å². The highest BCUT2D eigenvalue weighted by atomic mass is 16.5. The van der Waals surface area contributed by atoms with E-state index >= 15 is 0 Å². The SMILES string of the molecule is CCOC1CC(NC(C)C2CCCN(C)C2)C1. The standard InChI is InChI=1S/C14H28N2O/c1-4-17-14-8-13(9-14)15-11(2)12-6-5-7-16(3)10-12/h11-15H,4-10H2,1-3H3. The minimum atomic E-state index is 0.527. The fourth-order valence-corrected chi connectivity index (χ4v) is 3.20. The third-order valence-corrected chi connectivity index (χ3v) is 4.36. The molecule has 3 heteroatoms. The van der Waals surface area contributed by atoms with Gasteiger partial charge in [-0.15, -0.1) is 0 Å². The van der Waals surface area contributed by atoms with Crippen molar-refractivity contribution < 1.29 is 4.74 Å². The van der Waals surface area contributed by atoms with E-state index in [4.69, 9.17) is 4.74 Å². The normalized spacial score (nSPS) is 36.5. The first-order chi connectivity index (χ1) is 8.19. The molecule has 2 atom stereocenters. The van der Waals surface area contributed by atoms with Gasteiger partial charge in [-0.05, 0) is 59.0 Å². The predicted octanol–water partition coefficient (Wildman–Crippen LogP) is 1.87. The van der Waals surface area contributed by atoms with Gasteiger partial charge in [0.15, 0.2) is 0 Å². The van der Waals surface area contributed by atoms with Crippen molar-refractivity contribution in [2.24, 2.45) is 5.92 Å². The molecular formula is C14H28N2O. The summed E-state index contributed by atoms with van der Waals surface area (Å²) >= 11 is 0. The van der Waals surface area contributed by atoms with E-state index in [1.54, 1.807) is 0 Å². The molecule has 0 bridgehead atoms. The fraction of sp³-hybridized carbons (Fsp3) is 1.00. The van der Waals surface area contributed by atoms with Crippen molar-refractivity contribution in [1.29, 1.82) is 0 Å². The maximum absolute atomic E-state index is 5.60. The topological polar surface area (TPSA) is 24.5 Å². The molecule has 0 aromatic heterocycles. The molecular weight excluding hydrogens is 212 g/mol. The smallest absolute Gasteiger partial charge is 0.0604 e. The molecule has 1 aliphatic carbocycles. The Morgan fingerprint density at radius 1 is 1.41 bits per heavy atom. The van der Waals surface area contributed by atoms with Crippen molar-refractivity contribution in [3.05, 3.63) is 0 Å². The van der Waals surface area contributed by atoms with Crippen LogP contribution in [-0.4, -0.2) is 49.8 Å². The summed E-state index contributed by atoms with van der Waals surface area (Å²) in [5.41, 5.74) is 0. The van der Waals surface area contributed by atoms with Gasteiger partial charge in [-0.3, -0.25) is 0 Å². The molecule has 0 amide bonds. The third kappa shape index (κ3) is 3.67. The molecule has 0 aromatic carbocycles. The monoisotopic (exact) mass is 240 g/mol. The Balaban J connectivity index is 1.66. The first kappa shape index (κ1) is 13.3. The fourth-order valence-electron chi connectivity index (χ4n) is 3.20. The highest BCUT2D eigenvalue weighted by Gasteiger charge is 2.32. The molecule has 1 heterocycles. The summed E-state index contributed by atoms with van der Waals surface area (Å²) in [5.74, 6) is 0.833. The molecule has 2 fully saturated rings. The summed E-state index contributed by atoms with van der Waals surface area (Å²) in [6.07, 6.45) is 5.69. The molecule has 3 nitrogen and oxygen atoms in total. The van der Waals surface area contributed by atoms with E-state index in [0.717, 1.165) is 12.5 Å². The second-order valence-electron chi connectivity index (χ2n) is 5.87. The Hall–Kier alpha value is -0.120. The van der Waals surface area contributed by atoms with Crippen LogP contribution in [0.5, 0.6) is 0 Å². The summed E-state index contributed by atoms with van der Waals surface area (Å²) in [6, 6.07) is 1.36. The van der Waals surface area contributed by atoms with Gasteiger partial charge in [0, 0.05) is 25.2 Å². The highest BCUT2D eigenvalue weighted by molar-refractivity contribution is 4.90. The molecule has 0 radical (unpaired) electrons. The molecule has 1 N–H and O–H groups in total. The zero-order valence-corrected chi connectivity index (χ0v) is 11.6. The van der Waals surface area contributed by atoms with E-state index in [-0.39, 0.29) is 0 Å². The largest absolute Gasteiger partial charge is 0.378 e. The van der Waals surface area contributed by atoms with Crippen LogP contribution in [0.15, 0.2) is 0 Å². The molecule has 17 heavy (non-hydrogen) atoms. The van der Waals surface area contributed by atoms with Crippen LogP contribution in [0, 0.1) is 5.92 Å². The van der Waals surface area contributed by atoms with E-state index in [1.165, 1.54) is 38.8 Å². The van der Waals surface area contributed by atoms with Crippen LogP contribution in [0.3, 0.4) is 0 Å². The van der Waals surface area contributed by atoms with Crippen molar-refractivity contribution in [1.82, 2.24) is 10.2 Å². The van der Waals surface area contributed by atoms with Crippen LogP contribution in [0.25, 0.3) is 0 Å². The van der Waals surface area contributed by atoms with Crippen LogP contribution in [0.1, 0.15) is 39.5 Å². The number of nitrogens with one attached hydrogen (secondary N) is 1. The number of likely N-dealkylation sites (tertiary alicyclic amines) is 1. The van der Waals surface area contributed by atoms with Crippen molar-refractivity contribution >= 4 is 0 Å². The number of hydrogen-bond donors (Lipinski definition) is 1. The van der Waals surface area contributed by atoms with Crippen LogP contribution < -0.4 is 5.32 Å². The zero-order chi connectivity index (χ0) is 12.3. The second-order valence-corrected chi connectivity index (χ2v) is 5.87. The molecule has 2 unspecified atom stereocenters. The predicted molar refractivity (Wildman–Crippen MR) is 71.3 cm³/mol. The maximum Gasteiger partial charge on any atom is 0.0604 e. The van der Waals surface area contributed by atoms with Crippen molar-refractivity contribution in [3.8, 4) is 0 Å². The van der Waals surface area contributed by atoms with Gasteiger partial charge in [0.1, 0.15) is 0 Å². The number of nitrogens with zero attached hydrogens (tertiary/aromatic N) is 1. The molecule has 2 rings (SSSR count). The van der Waals surface area contributed by atoms with Gasteiger partial charge in [-0.2, -0.15) is 0 Å². The van der Waals surface area contributed by atoms with E-state index in [9.17, 15) is 0 Å². The molecule has 2 aliphatic rings. The van der Waals surface area contributed by atoms with E-state index in [0.29, 0.717) is 18.2 Å². The van der Waals surface area contributed by atoms with Crippen molar-refractivity contribution in [3.63, 3.8) is 0 Å². The Labute approximate surface area is 106 Å². The minimum absolute atomic E-state index is 0.527. The molecule has 1 aliphatic heterocycles. The van der Waals surface area contributed by atoms with Gasteiger partial charge in [-0.1, -0.05) is 0 Å². The number of ether oxygens (including phenoxy) is 1. The van der Waals surface area contributed by atoms with E-state index < -0.39 is 0 Å². The summed E-state index contributed by atoms with van der Waals surface area (Å²) in [6.45, 7) is 7.84. The quantitative estimate of drug-likeness (QED) is 0.794. The van der Waals surface area contributed by atoms with Crippen molar-refractivity contribution in [2.45, 2.75) is 57.7 Å². The molecule has 100 valence electrons. The van der Waals surface area contributed by atoms with Crippen LogP contribution in [0.4, 0.5) is 0 Å². The Bertz CT molecular complexity index is 228. The van der Waals surface area contributed by atoms with Gasteiger partial charge >= 0.3 is 0 Å². The number of piperidine rings is 1. The summed E-state index contributed by atoms with van der Waals surface area (Å²) in [5, 5.41) is 3.79. The van der Waals surface area contributed by atoms with Gasteiger partial charge in [0.25, 0.3) is 0 Å². The van der Waals surface area contributed by atoms with E-state index in [1.807, 2.05) is 0 Å². The van der Waals surface area contributed by atoms with Gasteiger partial charge < -0.3 is 15.0 Å². The molecule has 0 spiro atoms. The first-order valence-corrected chi connectivity index (χ1v) is 7.25. The lowest BCUT2D eigenvalue weighted by molar-refractivity contribution is -0.0146. The average Bonchev–Trinajstić information content (AvgIpc) is 2.26. The Morgan fingerprint density at radius 3 is 2.82 bits per heavy atom. The summed E-state index contributed by atoms with van der Waals surface area (Å²) in [7, 11) is 2.24. The zero-order valence-electron chi connectivity index (χ0n) is 11.6. The first-order valence-electron chi connectivity index (χ1n) is 7.25. The van der Waals surface area contributed by atoms with Crippen LogP contribution >= 0.6 is 0 Å². The third-order valence-electron chi connectivity index (χ3n) is 4.36. The van der Waals surface area contributed by atoms with Gasteiger partial charge in [0.05, 0.1) is 6.10 Å². The number of hydrogen-bond acceptors (Lipinski definition) is 3. The van der Waals surface area contributed by atoms with Gasteiger partial charge in [0.2, 0.25) is 0 Å². The molecule has 1 saturated heterocycles. The van der Waals surface area contributed by atoms with Gasteiger partial charge in [-0.25, -0.2) is 0 Å². The van der Waals surface area contributed by atoms with Crippen molar-refractivity contribution in [2.75, 3.05) is 26.7 Å². The lowest BCUT2D eigenvalue weighted by Gasteiger charge is -2.41. The number of rotatable bonds is 5. The molecule has 0 aromatic rings. The Kier molecular flexibility index (Phi) is 4.83. The lowest BCUT2D eigenvalue weighted by atomic mass is 9.86. The van der Waals surface area contributed by atoms with Crippen LogP contribution in [0.2, 0.25) is 0 Å². The average molecular weight is 240 g/mol.